The van der Waals surface area contributed by atoms with Crippen LogP contribution in [0.1, 0.15) is 37.4 Å². The number of thiophene rings is 1. The Morgan fingerprint density at radius 3 is 1.43 bits per heavy atom. The average molecular weight is 345 g/mol. The molecule has 0 bridgehead atoms. The fraction of sp³-hybridized carbons (Fsp3) is 0.667. The van der Waals surface area contributed by atoms with E-state index >= 15 is 0 Å². The highest BCUT2D eigenvalue weighted by atomic mass is 32.2. The highest BCUT2D eigenvalue weighted by Crippen LogP contribution is 2.37. The van der Waals surface area contributed by atoms with Crippen molar-refractivity contribution in [1.82, 2.24) is 9.80 Å². The highest BCUT2D eigenvalue weighted by Gasteiger charge is 2.18. The molecule has 0 radical (unpaired) electrons. The van der Waals surface area contributed by atoms with Crippen molar-refractivity contribution < 1.29 is 0 Å². The molecule has 0 amide bonds. The molecule has 6 heteroatoms. The summed E-state index contributed by atoms with van der Waals surface area (Å²) in [6.45, 7) is 14.9. The lowest BCUT2D eigenvalue weighted by Crippen LogP contribution is -2.22. The van der Waals surface area contributed by atoms with Crippen molar-refractivity contribution in [2.45, 2.75) is 40.8 Å². The first kappa shape index (κ1) is 17.1. The van der Waals surface area contributed by atoms with Crippen LogP contribution in [0.2, 0.25) is 0 Å². The van der Waals surface area contributed by atoms with Gasteiger partial charge in [-0.05, 0) is 26.2 Å². The number of rotatable bonds is 8. The Hall–Kier alpha value is -0.270. The summed E-state index contributed by atoms with van der Waals surface area (Å²) in [5.74, 6) is 0. The Balaban J connectivity index is 2.35. The van der Waals surface area contributed by atoms with Crippen LogP contribution in [0.15, 0.2) is 4.79 Å². The first-order valence-corrected chi connectivity index (χ1v) is 10.1. The van der Waals surface area contributed by atoms with Gasteiger partial charge in [0.2, 0.25) is 0 Å². The minimum atomic E-state index is 0.231. The van der Waals surface area contributed by atoms with Gasteiger partial charge in [0.05, 0.1) is 9.40 Å². The molecule has 0 fully saturated rings. The molecule has 118 valence electrons. The maximum Gasteiger partial charge on any atom is 0.288 e. The quantitative estimate of drug-likeness (QED) is 0.721. The molecule has 0 aliphatic rings. The molecule has 0 saturated carbocycles. The van der Waals surface area contributed by atoms with Gasteiger partial charge in [-0.25, -0.2) is 0 Å². The third-order valence-corrected chi connectivity index (χ3v) is 7.54. The number of hydrogen-bond donors (Lipinski definition) is 0. The molecule has 3 nitrogen and oxygen atoms in total. The maximum atomic E-state index is 11.8. The van der Waals surface area contributed by atoms with Crippen LogP contribution < -0.4 is 4.06 Å². The van der Waals surface area contributed by atoms with E-state index in [1.807, 2.05) is 11.3 Å². The van der Waals surface area contributed by atoms with Gasteiger partial charge >= 0.3 is 0 Å². The first-order chi connectivity index (χ1) is 10.1. The predicted molar refractivity (Wildman–Crippen MR) is 97.1 cm³/mol. The molecule has 2 aromatic rings. The van der Waals surface area contributed by atoms with Gasteiger partial charge in [0.15, 0.2) is 0 Å². The zero-order valence-corrected chi connectivity index (χ0v) is 15.7. The molecule has 0 atom stereocenters. The molecule has 2 rings (SSSR count). The third-order valence-electron chi connectivity index (χ3n) is 3.85. The number of nitrogens with zero attached hydrogens (tertiary/aromatic N) is 2. The van der Waals surface area contributed by atoms with E-state index in [2.05, 4.69) is 37.5 Å². The molecule has 0 unspecified atom stereocenters. The third kappa shape index (κ3) is 3.93. The van der Waals surface area contributed by atoms with Crippen molar-refractivity contribution in [2.24, 2.45) is 0 Å². The fourth-order valence-corrected chi connectivity index (χ4v) is 6.25. The normalized spacial score (nSPS) is 12.1. The minimum Gasteiger partial charge on any atom is -0.299 e. The maximum absolute atomic E-state index is 11.8. The largest absolute Gasteiger partial charge is 0.299 e. The van der Waals surface area contributed by atoms with Crippen LogP contribution >= 0.6 is 34.0 Å². The average Bonchev–Trinajstić information content (AvgIpc) is 3.01. The Labute approximate surface area is 138 Å². The molecule has 21 heavy (non-hydrogen) atoms. The van der Waals surface area contributed by atoms with Crippen molar-refractivity contribution in [3.8, 4) is 0 Å². The lowest BCUT2D eigenvalue weighted by molar-refractivity contribution is 0.298. The fourth-order valence-electron chi connectivity index (χ4n) is 2.40. The highest BCUT2D eigenvalue weighted by molar-refractivity contribution is 7.38. The molecular weight excluding hydrogens is 320 g/mol. The van der Waals surface area contributed by atoms with Crippen LogP contribution in [-0.4, -0.2) is 36.0 Å². The van der Waals surface area contributed by atoms with E-state index in [1.165, 1.54) is 41.8 Å². The molecule has 0 aliphatic carbocycles. The molecular formula is C15H24N2OS3. The molecule has 2 heterocycles. The molecule has 0 saturated heterocycles. The summed E-state index contributed by atoms with van der Waals surface area (Å²) in [7, 11) is 0. The second kappa shape index (κ2) is 7.83. The second-order valence-corrected chi connectivity index (χ2v) is 8.40. The van der Waals surface area contributed by atoms with Gasteiger partial charge in [-0.2, -0.15) is 0 Å². The standard InChI is InChI=1S/C15H24N2OS3/c1-5-16(6-2)9-11-13-14(21-15(18)20-13)12(19-11)10-17(7-3)8-4/h5-10H2,1-4H3. The molecule has 0 N–H and O–H groups in total. The summed E-state index contributed by atoms with van der Waals surface area (Å²) in [6, 6.07) is 0. The van der Waals surface area contributed by atoms with Gasteiger partial charge in [0.1, 0.15) is 0 Å². The summed E-state index contributed by atoms with van der Waals surface area (Å²) >= 11 is 4.77. The van der Waals surface area contributed by atoms with Crippen LogP contribution in [0.25, 0.3) is 9.40 Å². The molecule has 2 aromatic heterocycles. The lowest BCUT2D eigenvalue weighted by atomic mass is 10.3. The van der Waals surface area contributed by atoms with Crippen LogP contribution in [0, 0.1) is 0 Å². The Morgan fingerprint density at radius 1 is 0.714 bits per heavy atom. The van der Waals surface area contributed by atoms with E-state index < -0.39 is 0 Å². The summed E-state index contributed by atoms with van der Waals surface area (Å²) in [5, 5.41) is 0. The van der Waals surface area contributed by atoms with Crippen molar-refractivity contribution >= 4 is 43.4 Å². The summed E-state index contributed by atoms with van der Waals surface area (Å²) in [6.07, 6.45) is 0. The Bertz CT molecular complexity index is 571. The van der Waals surface area contributed by atoms with Gasteiger partial charge in [-0.3, -0.25) is 14.6 Å². The van der Waals surface area contributed by atoms with Crippen LogP contribution in [0.5, 0.6) is 0 Å². The van der Waals surface area contributed by atoms with Gasteiger partial charge < -0.3 is 0 Å². The smallest absolute Gasteiger partial charge is 0.288 e. The summed E-state index contributed by atoms with van der Waals surface area (Å²) < 4.78 is 2.71. The second-order valence-electron chi connectivity index (χ2n) is 4.98. The lowest BCUT2D eigenvalue weighted by Gasteiger charge is -2.17. The van der Waals surface area contributed by atoms with E-state index in [0.717, 1.165) is 39.3 Å². The zero-order chi connectivity index (χ0) is 15.4. The van der Waals surface area contributed by atoms with Gasteiger partial charge in [-0.15, -0.1) is 11.3 Å². The van der Waals surface area contributed by atoms with Crippen LogP contribution in [0.3, 0.4) is 0 Å². The SMILES string of the molecule is CCN(CC)Cc1sc(CN(CC)CC)c2sc(=O)sc12. The molecule has 0 spiro atoms. The first-order valence-electron chi connectivity index (χ1n) is 7.61. The van der Waals surface area contributed by atoms with Crippen molar-refractivity contribution in [1.29, 1.82) is 0 Å². The zero-order valence-electron chi connectivity index (χ0n) is 13.3. The number of fused-ring (bicyclic) bond motifs is 1. The van der Waals surface area contributed by atoms with Crippen molar-refractivity contribution in [3.63, 3.8) is 0 Å². The van der Waals surface area contributed by atoms with Gasteiger partial charge in [-0.1, -0.05) is 50.4 Å². The topological polar surface area (TPSA) is 23.6 Å². The van der Waals surface area contributed by atoms with Crippen molar-refractivity contribution in [2.75, 3.05) is 26.2 Å². The monoisotopic (exact) mass is 344 g/mol. The number of hydrogen-bond acceptors (Lipinski definition) is 6. The van der Waals surface area contributed by atoms with Gasteiger partial charge in [0, 0.05) is 22.8 Å². The van der Waals surface area contributed by atoms with E-state index in [1.54, 1.807) is 0 Å². The predicted octanol–water partition coefficient (Wildman–Crippen LogP) is 4.07. The Morgan fingerprint density at radius 2 is 1.10 bits per heavy atom. The van der Waals surface area contributed by atoms with E-state index in [4.69, 9.17) is 0 Å². The van der Waals surface area contributed by atoms with E-state index in [-0.39, 0.29) is 4.06 Å². The van der Waals surface area contributed by atoms with Gasteiger partial charge in [0.25, 0.3) is 4.06 Å². The molecule has 0 aliphatic heterocycles. The summed E-state index contributed by atoms with van der Waals surface area (Å²) in [4.78, 5) is 19.4. The van der Waals surface area contributed by atoms with E-state index in [9.17, 15) is 4.79 Å². The summed E-state index contributed by atoms with van der Waals surface area (Å²) in [5.41, 5.74) is 0. The van der Waals surface area contributed by atoms with Crippen LogP contribution in [0.4, 0.5) is 0 Å². The Kier molecular flexibility index (Phi) is 6.37. The van der Waals surface area contributed by atoms with E-state index in [0.29, 0.717) is 0 Å². The van der Waals surface area contributed by atoms with Crippen LogP contribution in [-0.2, 0) is 13.1 Å². The van der Waals surface area contributed by atoms with Crippen molar-refractivity contribution in [3.05, 3.63) is 18.6 Å². The molecule has 0 aromatic carbocycles. The minimum absolute atomic E-state index is 0.231.